The SMILES string of the molecule is CC(C)C(NC(=O)c1ccc(Cl)c([N+](=O)[O-])c1)C(=O)NCc1ccccc1Cl. The van der Waals surface area contributed by atoms with Crippen LogP contribution in [0.3, 0.4) is 0 Å². The molecule has 0 aromatic heterocycles. The zero-order valence-corrected chi connectivity index (χ0v) is 16.8. The van der Waals surface area contributed by atoms with Gasteiger partial charge >= 0.3 is 0 Å². The molecule has 0 radical (unpaired) electrons. The standard InChI is InChI=1S/C19H19Cl2N3O4/c1-11(2)17(19(26)22-10-13-5-3-4-6-14(13)20)23-18(25)12-7-8-15(21)16(9-12)24(27)28/h3-9,11,17H,10H2,1-2H3,(H,22,26)(H,23,25). The van der Waals surface area contributed by atoms with E-state index in [-0.39, 0.29) is 34.6 Å². The minimum Gasteiger partial charge on any atom is -0.350 e. The zero-order chi connectivity index (χ0) is 20.8. The predicted octanol–water partition coefficient (Wildman–Crippen LogP) is 3.97. The Bertz CT molecular complexity index is 902. The van der Waals surface area contributed by atoms with E-state index in [2.05, 4.69) is 10.6 Å². The summed E-state index contributed by atoms with van der Waals surface area (Å²) in [6, 6.07) is 10.00. The number of carbonyl (C=O) groups is 2. The molecule has 2 N–H and O–H groups in total. The van der Waals surface area contributed by atoms with E-state index in [1.54, 1.807) is 32.0 Å². The smallest absolute Gasteiger partial charge is 0.288 e. The summed E-state index contributed by atoms with van der Waals surface area (Å²) in [5, 5.41) is 16.8. The highest BCUT2D eigenvalue weighted by Crippen LogP contribution is 2.25. The van der Waals surface area contributed by atoms with E-state index in [0.717, 1.165) is 11.6 Å². The molecule has 1 atom stereocenters. The second-order valence-corrected chi connectivity index (χ2v) is 7.24. The molecule has 2 amide bonds. The van der Waals surface area contributed by atoms with Crippen molar-refractivity contribution in [3.63, 3.8) is 0 Å². The Balaban J connectivity index is 2.10. The fourth-order valence-corrected chi connectivity index (χ4v) is 2.88. The number of nitro groups is 1. The molecule has 0 aliphatic carbocycles. The van der Waals surface area contributed by atoms with Crippen LogP contribution < -0.4 is 10.6 Å². The van der Waals surface area contributed by atoms with E-state index >= 15 is 0 Å². The first kappa shape index (κ1) is 21.7. The molecule has 0 heterocycles. The van der Waals surface area contributed by atoms with Gasteiger partial charge in [0.2, 0.25) is 5.91 Å². The first-order valence-corrected chi connectivity index (χ1v) is 9.22. The van der Waals surface area contributed by atoms with Crippen molar-refractivity contribution in [2.24, 2.45) is 5.92 Å². The Morgan fingerprint density at radius 2 is 1.79 bits per heavy atom. The average Bonchev–Trinajstić information content (AvgIpc) is 2.64. The van der Waals surface area contributed by atoms with Gasteiger partial charge in [-0.3, -0.25) is 19.7 Å². The van der Waals surface area contributed by atoms with Crippen molar-refractivity contribution in [2.45, 2.75) is 26.4 Å². The summed E-state index contributed by atoms with van der Waals surface area (Å²) in [4.78, 5) is 35.4. The molecule has 0 saturated heterocycles. The Hall–Kier alpha value is -2.64. The van der Waals surface area contributed by atoms with Gasteiger partial charge in [-0.15, -0.1) is 0 Å². The van der Waals surface area contributed by atoms with E-state index in [9.17, 15) is 19.7 Å². The number of nitro benzene ring substituents is 1. The Kier molecular flexibility index (Phi) is 7.37. The number of rotatable bonds is 7. The summed E-state index contributed by atoms with van der Waals surface area (Å²) < 4.78 is 0. The summed E-state index contributed by atoms with van der Waals surface area (Å²) >= 11 is 11.8. The van der Waals surface area contributed by atoms with Gasteiger partial charge in [-0.25, -0.2) is 0 Å². The third-order valence-corrected chi connectivity index (χ3v) is 4.74. The summed E-state index contributed by atoms with van der Waals surface area (Å²) in [6.45, 7) is 3.78. The van der Waals surface area contributed by atoms with Crippen LogP contribution >= 0.6 is 23.2 Å². The van der Waals surface area contributed by atoms with Gasteiger partial charge in [-0.1, -0.05) is 55.2 Å². The Morgan fingerprint density at radius 1 is 1.11 bits per heavy atom. The third-order valence-electron chi connectivity index (χ3n) is 4.05. The van der Waals surface area contributed by atoms with Crippen LogP contribution in [0.4, 0.5) is 5.69 Å². The molecule has 0 bridgehead atoms. The normalized spacial score (nSPS) is 11.8. The molecular formula is C19H19Cl2N3O4. The van der Waals surface area contributed by atoms with E-state index in [4.69, 9.17) is 23.2 Å². The molecule has 9 heteroatoms. The second-order valence-electron chi connectivity index (χ2n) is 6.43. The third kappa shape index (κ3) is 5.43. The predicted molar refractivity (Wildman–Crippen MR) is 107 cm³/mol. The van der Waals surface area contributed by atoms with Gasteiger partial charge in [0, 0.05) is 23.2 Å². The lowest BCUT2D eigenvalue weighted by atomic mass is 10.0. The first-order valence-electron chi connectivity index (χ1n) is 8.46. The summed E-state index contributed by atoms with van der Waals surface area (Å²) in [7, 11) is 0. The number of hydrogen-bond acceptors (Lipinski definition) is 4. The molecule has 148 valence electrons. The van der Waals surface area contributed by atoms with Crippen LogP contribution in [-0.2, 0) is 11.3 Å². The lowest BCUT2D eigenvalue weighted by Crippen LogP contribution is -2.49. The number of nitrogens with zero attached hydrogens (tertiary/aromatic N) is 1. The molecule has 0 aliphatic heterocycles. The number of amides is 2. The Labute approximate surface area is 172 Å². The maximum Gasteiger partial charge on any atom is 0.288 e. The van der Waals surface area contributed by atoms with Crippen molar-refractivity contribution < 1.29 is 14.5 Å². The van der Waals surface area contributed by atoms with Gasteiger partial charge in [0.05, 0.1) is 4.92 Å². The van der Waals surface area contributed by atoms with Crippen molar-refractivity contribution in [1.82, 2.24) is 10.6 Å². The van der Waals surface area contributed by atoms with Crippen molar-refractivity contribution in [1.29, 1.82) is 0 Å². The topological polar surface area (TPSA) is 101 Å². The summed E-state index contributed by atoms with van der Waals surface area (Å²) in [5.41, 5.74) is 0.416. The zero-order valence-electron chi connectivity index (χ0n) is 15.2. The minimum absolute atomic E-state index is 0.0423. The fraction of sp³-hybridized carbons (Fsp3) is 0.263. The lowest BCUT2D eigenvalue weighted by molar-refractivity contribution is -0.384. The fourth-order valence-electron chi connectivity index (χ4n) is 2.49. The molecule has 2 aromatic rings. The van der Waals surface area contributed by atoms with E-state index in [1.807, 2.05) is 6.07 Å². The highest BCUT2D eigenvalue weighted by molar-refractivity contribution is 6.32. The van der Waals surface area contributed by atoms with Crippen LogP contribution in [0.2, 0.25) is 10.0 Å². The van der Waals surface area contributed by atoms with Gasteiger partial charge in [-0.2, -0.15) is 0 Å². The molecular weight excluding hydrogens is 405 g/mol. The van der Waals surface area contributed by atoms with Gasteiger partial charge in [0.25, 0.3) is 11.6 Å². The second kappa shape index (κ2) is 9.52. The maximum absolute atomic E-state index is 12.6. The monoisotopic (exact) mass is 423 g/mol. The molecule has 2 aromatic carbocycles. The van der Waals surface area contributed by atoms with Crippen LogP contribution in [-0.4, -0.2) is 22.8 Å². The number of nitrogens with one attached hydrogen (secondary N) is 2. The molecule has 2 rings (SSSR count). The van der Waals surface area contributed by atoms with Gasteiger partial charge in [0.1, 0.15) is 11.1 Å². The van der Waals surface area contributed by atoms with E-state index in [1.165, 1.54) is 12.1 Å². The number of carbonyl (C=O) groups excluding carboxylic acids is 2. The number of hydrogen-bond donors (Lipinski definition) is 2. The molecule has 0 spiro atoms. The van der Waals surface area contributed by atoms with Crippen LogP contribution in [0.25, 0.3) is 0 Å². The highest BCUT2D eigenvalue weighted by Gasteiger charge is 2.25. The molecule has 1 unspecified atom stereocenters. The molecule has 0 fully saturated rings. The molecule has 0 saturated carbocycles. The summed E-state index contributed by atoms with van der Waals surface area (Å²) in [5.74, 6) is -1.20. The molecule has 28 heavy (non-hydrogen) atoms. The van der Waals surface area contributed by atoms with Crippen LogP contribution in [0.15, 0.2) is 42.5 Å². The van der Waals surface area contributed by atoms with Crippen LogP contribution in [0.1, 0.15) is 29.8 Å². The quantitative estimate of drug-likeness (QED) is 0.519. The number of halogens is 2. The van der Waals surface area contributed by atoms with Crippen molar-refractivity contribution in [2.75, 3.05) is 0 Å². The molecule has 0 aliphatic rings. The van der Waals surface area contributed by atoms with Crippen LogP contribution in [0.5, 0.6) is 0 Å². The van der Waals surface area contributed by atoms with E-state index < -0.39 is 16.9 Å². The maximum atomic E-state index is 12.6. The summed E-state index contributed by atoms with van der Waals surface area (Å²) in [6.07, 6.45) is 0. The van der Waals surface area contributed by atoms with E-state index in [0.29, 0.717) is 5.02 Å². The first-order chi connectivity index (χ1) is 13.2. The highest BCUT2D eigenvalue weighted by atomic mass is 35.5. The lowest BCUT2D eigenvalue weighted by Gasteiger charge is -2.22. The van der Waals surface area contributed by atoms with Crippen molar-refractivity contribution >= 4 is 40.7 Å². The largest absolute Gasteiger partial charge is 0.350 e. The van der Waals surface area contributed by atoms with Crippen molar-refractivity contribution in [3.8, 4) is 0 Å². The van der Waals surface area contributed by atoms with Crippen LogP contribution in [0, 0.1) is 16.0 Å². The van der Waals surface area contributed by atoms with Crippen molar-refractivity contribution in [3.05, 3.63) is 73.8 Å². The minimum atomic E-state index is -0.829. The van der Waals surface area contributed by atoms with Gasteiger partial charge in [0.15, 0.2) is 0 Å². The van der Waals surface area contributed by atoms with Gasteiger partial charge < -0.3 is 10.6 Å². The Morgan fingerprint density at radius 3 is 2.39 bits per heavy atom. The molecule has 7 nitrogen and oxygen atoms in total. The average molecular weight is 424 g/mol. The van der Waals surface area contributed by atoms with Gasteiger partial charge in [-0.05, 0) is 29.7 Å². The number of benzene rings is 2.